The number of nitrogens with two attached hydrogens (primary N) is 1. The summed E-state index contributed by atoms with van der Waals surface area (Å²) in [4.78, 5) is 27.0. The molecule has 0 spiro atoms. The number of nitrogens with zero attached hydrogens (tertiary/aromatic N) is 1. The number of carbonyl (C=O) groups is 2. The number of anilines is 1. The van der Waals surface area contributed by atoms with Gasteiger partial charge in [-0.1, -0.05) is 13.8 Å². The Kier molecular flexibility index (Phi) is 6.87. The van der Waals surface area contributed by atoms with Crippen LogP contribution in [0.1, 0.15) is 66.1 Å². The van der Waals surface area contributed by atoms with E-state index in [1.807, 2.05) is 13.8 Å². The van der Waals surface area contributed by atoms with Gasteiger partial charge in [0.2, 0.25) is 0 Å². The van der Waals surface area contributed by atoms with Crippen LogP contribution in [0.25, 0.3) is 0 Å². The maximum atomic E-state index is 12.7. The number of esters is 1. The van der Waals surface area contributed by atoms with E-state index in [0.717, 1.165) is 24.2 Å². The molecule has 0 bridgehead atoms. The van der Waals surface area contributed by atoms with Crippen LogP contribution in [-0.2, 0) is 4.74 Å². The Morgan fingerprint density at radius 3 is 2.23 bits per heavy atom. The van der Waals surface area contributed by atoms with Gasteiger partial charge in [0.05, 0.1) is 16.7 Å². The first-order valence-electron chi connectivity index (χ1n) is 7.72. The Morgan fingerprint density at radius 1 is 1.23 bits per heavy atom. The van der Waals surface area contributed by atoms with Gasteiger partial charge in [0.1, 0.15) is 4.88 Å². The van der Waals surface area contributed by atoms with E-state index in [2.05, 4.69) is 0 Å². The number of hydrogen-bond acceptors (Lipinski definition) is 5. The highest BCUT2D eigenvalue weighted by molar-refractivity contribution is 7.18. The highest BCUT2D eigenvalue weighted by Gasteiger charge is 2.27. The molecule has 0 atom stereocenters. The zero-order chi connectivity index (χ0) is 16.9. The minimum absolute atomic E-state index is 0.0986. The average molecular weight is 326 g/mol. The number of amides is 1. The van der Waals surface area contributed by atoms with Gasteiger partial charge in [-0.2, -0.15) is 0 Å². The largest absolute Gasteiger partial charge is 0.459 e. The smallest absolute Gasteiger partial charge is 0.348 e. The van der Waals surface area contributed by atoms with Crippen molar-refractivity contribution in [3.8, 4) is 0 Å². The summed E-state index contributed by atoms with van der Waals surface area (Å²) in [6, 6.07) is 0. The minimum atomic E-state index is -0.416. The first kappa shape index (κ1) is 18.5. The Bertz CT molecular complexity index is 532. The highest BCUT2D eigenvalue weighted by atomic mass is 32.1. The van der Waals surface area contributed by atoms with Gasteiger partial charge in [0.25, 0.3) is 5.91 Å². The summed E-state index contributed by atoms with van der Waals surface area (Å²) in [6.45, 7) is 10.8. The molecule has 0 aromatic carbocycles. The molecule has 1 amide bonds. The Morgan fingerprint density at radius 2 is 1.77 bits per heavy atom. The van der Waals surface area contributed by atoms with E-state index in [-0.39, 0.29) is 12.0 Å². The standard InChI is InChI=1S/C16H26N2O3S/c1-6-8-18(9-7-2)15(19)12-11(5)13(22-14(12)17)16(20)21-10(3)4/h10H,6-9,17H2,1-5H3. The van der Waals surface area contributed by atoms with Crippen LogP contribution in [-0.4, -0.2) is 36.0 Å². The van der Waals surface area contributed by atoms with Crippen molar-refractivity contribution in [2.75, 3.05) is 18.8 Å². The normalized spacial score (nSPS) is 10.8. The van der Waals surface area contributed by atoms with Crippen LogP contribution in [0.2, 0.25) is 0 Å². The molecule has 0 radical (unpaired) electrons. The first-order valence-corrected chi connectivity index (χ1v) is 8.54. The van der Waals surface area contributed by atoms with Gasteiger partial charge in [0, 0.05) is 13.1 Å². The molecule has 0 saturated heterocycles. The number of nitrogen functional groups attached to an aromatic ring is 1. The molecule has 1 heterocycles. The van der Waals surface area contributed by atoms with E-state index in [0.29, 0.717) is 34.1 Å². The molecule has 0 unspecified atom stereocenters. The molecule has 1 aromatic heterocycles. The monoisotopic (exact) mass is 326 g/mol. The summed E-state index contributed by atoms with van der Waals surface area (Å²) >= 11 is 1.13. The molecule has 5 nitrogen and oxygen atoms in total. The van der Waals surface area contributed by atoms with Gasteiger partial charge < -0.3 is 15.4 Å². The second-order valence-electron chi connectivity index (χ2n) is 5.54. The topological polar surface area (TPSA) is 72.6 Å². The molecule has 1 aromatic rings. The van der Waals surface area contributed by atoms with Crippen molar-refractivity contribution in [3.63, 3.8) is 0 Å². The van der Waals surface area contributed by atoms with Gasteiger partial charge in [-0.3, -0.25) is 4.79 Å². The quantitative estimate of drug-likeness (QED) is 0.779. The van der Waals surface area contributed by atoms with Crippen LogP contribution >= 0.6 is 11.3 Å². The van der Waals surface area contributed by atoms with Crippen molar-refractivity contribution >= 4 is 28.2 Å². The summed E-state index contributed by atoms with van der Waals surface area (Å²) in [5, 5.41) is 0.385. The first-order chi connectivity index (χ1) is 10.3. The van der Waals surface area contributed by atoms with E-state index < -0.39 is 5.97 Å². The molecule has 0 saturated carbocycles. The third kappa shape index (κ3) is 4.22. The van der Waals surface area contributed by atoms with Crippen molar-refractivity contribution in [1.29, 1.82) is 0 Å². The fourth-order valence-electron chi connectivity index (χ4n) is 2.28. The number of ether oxygens (including phenoxy) is 1. The van der Waals surface area contributed by atoms with E-state index >= 15 is 0 Å². The summed E-state index contributed by atoms with van der Waals surface area (Å²) in [6.07, 6.45) is 1.57. The Hall–Kier alpha value is -1.56. The second-order valence-corrected chi connectivity index (χ2v) is 6.59. The highest BCUT2D eigenvalue weighted by Crippen LogP contribution is 2.32. The molecule has 0 aliphatic carbocycles. The average Bonchev–Trinajstić information content (AvgIpc) is 2.72. The number of thiophene rings is 1. The van der Waals surface area contributed by atoms with Crippen molar-refractivity contribution in [3.05, 3.63) is 16.0 Å². The lowest BCUT2D eigenvalue weighted by molar-refractivity contribution is 0.0383. The number of rotatable bonds is 7. The molecular formula is C16H26N2O3S. The van der Waals surface area contributed by atoms with Crippen molar-refractivity contribution in [2.24, 2.45) is 0 Å². The summed E-state index contributed by atoms with van der Waals surface area (Å²) in [7, 11) is 0. The van der Waals surface area contributed by atoms with Gasteiger partial charge in [0.15, 0.2) is 0 Å². The van der Waals surface area contributed by atoms with E-state index in [1.54, 1.807) is 25.7 Å². The molecule has 0 fully saturated rings. The number of hydrogen-bond donors (Lipinski definition) is 1. The van der Waals surface area contributed by atoms with Gasteiger partial charge in [-0.25, -0.2) is 4.79 Å². The minimum Gasteiger partial charge on any atom is -0.459 e. The van der Waals surface area contributed by atoms with Crippen LogP contribution in [0.15, 0.2) is 0 Å². The van der Waals surface area contributed by atoms with Crippen LogP contribution in [0.3, 0.4) is 0 Å². The van der Waals surface area contributed by atoms with Crippen LogP contribution < -0.4 is 5.73 Å². The summed E-state index contributed by atoms with van der Waals surface area (Å²) < 4.78 is 5.21. The second kappa shape index (κ2) is 8.17. The Labute approximate surface area is 136 Å². The van der Waals surface area contributed by atoms with Crippen molar-refractivity contribution in [2.45, 2.75) is 53.6 Å². The predicted octanol–water partition coefficient (Wildman–Crippen LogP) is 3.47. The molecule has 22 heavy (non-hydrogen) atoms. The molecule has 6 heteroatoms. The van der Waals surface area contributed by atoms with E-state index in [1.165, 1.54) is 0 Å². The predicted molar refractivity (Wildman–Crippen MR) is 90.5 cm³/mol. The van der Waals surface area contributed by atoms with Crippen LogP contribution in [0, 0.1) is 6.92 Å². The summed E-state index contributed by atoms with van der Waals surface area (Å²) in [5.41, 5.74) is 7.07. The zero-order valence-corrected chi connectivity index (χ0v) is 14.9. The summed E-state index contributed by atoms with van der Waals surface area (Å²) in [5.74, 6) is -0.515. The fourth-order valence-corrected chi connectivity index (χ4v) is 3.23. The molecular weight excluding hydrogens is 300 g/mol. The SMILES string of the molecule is CCCN(CCC)C(=O)c1c(N)sc(C(=O)OC(C)C)c1C. The molecule has 124 valence electrons. The van der Waals surface area contributed by atoms with Crippen LogP contribution in [0.4, 0.5) is 5.00 Å². The van der Waals surface area contributed by atoms with Gasteiger partial charge >= 0.3 is 5.97 Å². The van der Waals surface area contributed by atoms with E-state index in [9.17, 15) is 9.59 Å². The Balaban J connectivity index is 3.12. The molecule has 0 aliphatic rings. The third-order valence-corrected chi connectivity index (χ3v) is 4.29. The van der Waals surface area contributed by atoms with Gasteiger partial charge in [-0.05, 0) is 39.2 Å². The number of carbonyl (C=O) groups excluding carboxylic acids is 2. The fraction of sp³-hybridized carbons (Fsp3) is 0.625. The van der Waals surface area contributed by atoms with Crippen molar-refractivity contribution in [1.82, 2.24) is 4.90 Å². The zero-order valence-electron chi connectivity index (χ0n) is 14.1. The lowest BCUT2D eigenvalue weighted by Crippen LogP contribution is -2.33. The van der Waals surface area contributed by atoms with Crippen molar-refractivity contribution < 1.29 is 14.3 Å². The maximum absolute atomic E-state index is 12.7. The maximum Gasteiger partial charge on any atom is 0.348 e. The molecule has 0 aliphatic heterocycles. The van der Waals surface area contributed by atoms with Crippen LogP contribution in [0.5, 0.6) is 0 Å². The van der Waals surface area contributed by atoms with E-state index in [4.69, 9.17) is 10.5 Å². The molecule has 2 N–H and O–H groups in total. The molecule has 1 rings (SSSR count). The lowest BCUT2D eigenvalue weighted by Gasteiger charge is -2.21. The third-order valence-electron chi connectivity index (χ3n) is 3.19. The lowest BCUT2D eigenvalue weighted by atomic mass is 10.1. The van der Waals surface area contributed by atoms with Gasteiger partial charge in [-0.15, -0.1) is 11.3 Å².